The Kier molecular flexibility index (Phi) is 4.25. The van der Waals surface area contributed by atoms with Crippen molar-refractivity contribution in [3.8, 4) is 6.07 Å². The van der Waals surface area contributed by atoms with E-state index in [1.807, 2.05) is 11.6 Å². The van der Waals surface area contributed by atoms with Crippen LogP contribution in [0.1, 0.15) is 18.3 Å². The molecule has 1 rings (SSSR count). The molecule has 1 atom stereocenters. The van der Waals surface area contributed by atoms with Crippen LogP contribution in [0.25, 0.3) is 0 Å². The number of nitriles is 1. The lowest BCUT2D eigenvalue weighted by Crippen LogP contribution is -2.14. The summed E-state index contributed by atoms with van der Waals surface area (Å²) in [7, 11) is 1.69. The molecule has 0 saturated carbocycles. The maximum atomic E-state index is 8.57. The second-order valence-corrected chi connectivity index (χ2v) is 3.70. The van der Waals surface area contributed by atoms with E-state index in [0.717, 1.165) is 17.9 Å². The Morgan fingerprint density at radius 1 is 1.60 bits per heavy atom. The first-order valence-corrected chi connectivity index (χ1v) is 4.93. The molecule has 1 unspecified atom stereocenters. The van der Waals surface area contributed by atoms with Gasteiger partial charge in [0.25, 0.3) is 0 Å². The van der Waals surface area contributed by atoms with Gasteiger partial charge in [0.2, 0.25) is 0 Å². The largest absolute Gasteiger partial charge is 0.384 e. The lowest BCUT2D eigenvalue weighted by molar-refractivity contribution is 0.148. The molecule has 0 spiro atoms. The van der Waals surface area contributed by atoms with E-state index >= 15 is 0 Å². The first-order chi connectivity index (χ1) is 7.19. The van der Waals surface area contributed by atoms with Gasteiger partial charge in [0.15, 0.2) is 0 Å². The highest BCUT2D eigenvalue weighted by Crippen LogP contribution is 2.07. The number of hydrogen-bond donors (Lipinski definition) is 0. The van der Waals surface area contributed by atoms with Gasteiger partial charge in [-0.2, -0.15) is 5.26 Å². The summed E-state index contributed by atoms with van der Waals surface area (Å²) in [5.41, 5.74) is 1.74. The topological polar surface area (TPSA) is 63.7 Å². The van der Waals surface area contributed by atoms with Gasteiger partial charge in [-0.15, -0.1) is 5.10 Å². The number of methoxy groups -OCH3 is 1. The Labute approximate surface area is 89.7 Å². The zero-order valence-corrected chi connectivity index (χ0v) is 9.40. The third-order valence-corrected chi connectivity index (χ3v) is 2.26. The molecule has 0 aliphatic carbocycles. The van der Waals surface area contributed by atoms with E-state index in [9.17, 15) is 0 Å². The van der Waals surface area contributed by atoms with Crippen LogP contribution >= 0.6 is 0 Å². The zero-order valence-electron chi connectivity index (χ0n) is 9.40. The normalized spacial score (nSPS) is 12.4. The molecular weight excluding hydrogens is 192 g/mol. The van der Waals surface area contributed by atoms with E-state index in [2.05, 4.69) is 23.3 Å². The second-order valence-electron chi connectivity index (χ2n) is 3.70. The quantitative estimate of drug-likeness (QED) is 0.722. The van der Waals surface area contributed by atoms with Crippen LogP contribution in [0.3, 0.4) is 0 Å². The average Bonchev–Trinajstić information content (AvgIpc) is 2.51. The molecular formula is C10H16N4O. The van der Waals surface area contributed by atoms with Gasteiger partial charge in [-0.05, 0) is 12.8 Å². The van der Waals surface area contributed by atoms with Crippen molar-refractivity contribution in [3.63, 3.8) is 0 Å². The van der Waals surface area contributed by atoms with Crippen LogP contribution in [0.5, 0.6) is 0 Å². The number of aromatic nitrogens is 3. The fourth-order valence-electron chi connectivity index (χ4n) is 1.44. The molecule has 5 nitrogen and oxygen atoms in total. The van der Waals surface area contributed by atoms with E-state index < -0.39 is 0 Å². The van der Waals surface area contributed by atoms with Crippen LogP contribution in [-0.4, -0.2) is 28.7 Å². The predicted octanol–water partition coefficient (Wildman–Crippen LogP) is 0.935. The van der Waals surface area contributed by atoms with Gasteiger partial charge < -0.3 is 4.74 Å². The molecule has 0 radical (unpaired) electrons. The maximum absolute atomic E-state index is 8.57. The molecule has 1 aromatic rings. The molecule has 15 heavy (non-hydrogen) atoms. The van der Waals surface area contributed by atoms with E-state index in [4.69, 9.17) is 10.00 Å². The standard InChI is InChI=1S/C10H16N4O/c1-8(7-15-3)6-14-9(2)10(4-5-11)12-13-14/h8H,4,6-7H2,1-3H3. The molecule has 0 aliphatic heterocycles. The van der Waals surface area contributed by atoms with Gasteiger partial charge in [0, 0.05) is 13.7 Å². The minimum absolute atomic E-state index is 0.324. The highest BCUT2D eigenvalue weighted by atomic mass is 16.5. The van der Waals surface area contributed by atoms with E-state index in [1.54, 1.807) is 7.11 Å². The molecule has 1 heterocycles. The Bertz CT molecular complexity index is 353. The SMILES string of the molecule is COCC(C)Cn1nnc(CC#N)c1C. The van der Waals surface area contributed by atoms with Crippen molar-refractivity contribution in [2.24, 2.45) is 5.92 Å². The van der Waals surface area contributed by atoms with Crippen LogP contribution < -0.4 is 0 Å². The van der Waals surface area contributed by atoms with E-state index in [-0.39, 0.29) is 0 Å². The van der Waals surface area contributed by atoms with Crippen LogP contribution in [0.2, 0.25) is 0 Å². The number of nitrogens with zero attached hydrogens (tertiary/aromatic N) is 4. The number of hydrogen-bond acceptors (Lipinski definition) is 4. The van der Waals surface area contributed by atoms with Crippen LogP contribution in [0.15, 0.2) is 0 Å². The van der Waals surface area contributed by atoms with Crippen molar-refractivity contribution < 1.29 is 4.74 Å². The smallest absolute Gasteiger partial charge is 0.0996 e. The molecule has 0 aliphatic rings. The fraction of sp³-hybridized carbons (Fsp3) is 0.700. The number of ether oxygens (including phenoxy) is 1. The molecule has 0 amide bonds. The maximum Gasteiger partial charge on any atom is 0.0996 e. The molecule has 0 aromatic carbocycles. The van der Waals surface area contributed by atoms with Crippen molar-refractivity contribution >= 4 is 0 Å². The Hall–Kier alpha value is -1.41. The third kappa shape index (κ3) is 3.03. The lowest BCUT2D eigenvalue weighted by atomic mass is 10.2. The zero-order chi connectivity index (χ0) is 11.3. The monoisotopic (exact) mass is 208 g/mol. The highest BCUT2D eigenvalue weighted by molar-refractivity contribution is 5.12. The van der Waals surface area contributed by atoms with Crippen molar-refractivity contribution in [3.05, 3.63) is 11.4 Å². The Balaban J connectivity index is 2.66. The summed E-state index contributed by atoms with van der Waals surface area (Å²) >= 11 is 0. The molecule has 0 saturated heterocycles. The van der Waals surface area contributed by atoms with Gasteiger partial charge >= 0.3 is 0 Å². The summed E-state index contributed by atoms with van der Waals surface area (Å²) in [6.45, 7) is 5.51. The molecule has 0 bridgehead atoms. The second kappa shape index (κ2) is 5.47. The summed E-state index contributed by atoms with van der Waals surface area (Å²) in [6, 6.07) is 2.08. The minimum atomic E-state index is 0.324. The Morgan fingerprint density at radius 2 is 2.33 bits per heavy atom. The van der Waals surface area contributed by atoms with E-state index in [0.29, 0.717) is 18.9 Å². The van der Waals surface area contributed by atoms with Gasteiger partial charge in [-0.25, -0.2) is 4.68 Å². The first-order valence-electron chi connectivity index (χ1n) is 4.93. The summed E-state index contributed by atoms with van der Waals surface area (Å²) in [5, 5.41) is 16.6. The molecule has 82 valence electrons. The van der Waals surface area contributed by atoms with Crippen molar-refractivity contribution in [2.75, 3.05) is 13.7 Å². The highest BCUT2D eigenvalue weighted by Gasteiger charge is 2.10. The third-order valence-electron chi connectivity index (χ3n) is 2.26. The predicted molar refractivity (Wildman–Crippen MR) is 55.1 cm³/mol. The van der Waals surface area contributed by atoms with E-state index in [1.165, 1.54) is 0 Å². The van der Waals surface area contributed by atoms with Gasteiger partial charge in [-0.1, -0.05) is 12.1 Å². The molecule has 0 N–H and O–H groups in total. The van der Waals surface area contributed by atoms with Crippen LogP contribution in [0, 0.1) is 24.2 Å². The van der Waals surface area contributed by atoms with Crippen LogP contribution in [0.4, 0.5) is 0 Å². The molecule has 1 aromatic heterocycles. The Morgan fingerprint density at radius 3 is 2.93 bits per heavy atom. The minimum Gasteiger partial charge on any atom is -0.384 e. The molecule has 0 fully saturated rings. The van der Waals surface area contributed by atoms with Crippen molar-refractivity contribution in [1.82, 2.24) is 15.0 Å². The average molecular weight is 208 g/mol. The van der Waals surface area contributed by atoms with Gasteiger partial charge in [0.1, 0.15) is 0 Å². The van der Waals surface area contributed by atoms with Crippen molar-refractivity contribution in [2.45, 2.75) is 26.8 Å². The summed E-state index contributed by atoms with van der Waals surface area (Å²) in [4.78, 5) is 0. The summed E-state index contributed by atoms with van der Waals surface area (Å²) < 4.78 is 6.89. The first kappa shape index (κ1) is 11.7. The fourth-order valence-corrected chi connectivity index (χ4v) is 1.44. The lowest BCUT2D eigenvalue weighted by Gasteiger charge is -2.10. The summed E-state index contributed by atoms with van der Waals surface area (Å²) in [5.74, 6) is 0.394. The van der Waals surface area contributed by atoms with Gasteiger partial charge in [-0.3, -0.25) is 0 Å². The van der Waals surface area contributed by atoms with Crippen molar-refractivity contribution in [1.29, 1.82) is 5.26 Å². The summed E-state index contributed by atoms with van der Waals surface area (Å²) in [6.07, 6.45) is 0.324. The van der Waals surface area contributed by atoms with Crippen LogP contribution in [-0.2, 0) is 17.7 Å². The number of rotatable bonds is 5. The molecule has 5 heteroatoms. The van der Waals surface area contributed by atoms with Gasteiger partial charge in [0.05, 0.1) is 30.5 Å².